The molecule has 2 unspecified atom stereocenters. The molecule has 186 valence electrons. The van der Waals surface area contributed by atoms with Gasteiger partial charge in [-0.2, -0.15) is 5.10 Å². The second-order valence-electron chi connectivity index (χ2n) is 9.09. The summed E-state index contributed by atoms with van der Waals surface area (Å²) in [7, 11) is 1.63. The molecule has 0 bridgehead atoms. The Morgan fingerprint density at radius 2 is 1.89 bits per heavy atom. The smallest absolute Gasteiger partial charge is 0.320 e. The maximum absolute atomic E-state index is 14.0. The number of methoxy groups -OCH3 is 1. The predicted molar refractivity (Wildman–Crippen MR) is 131 cm³/mol. The molecule has 1 aliphatic heterocycles. The van der Waals surface area contributed by atoms with Gasteiger partial charge < -0.3 is 10.1 Å². The van der Waals surface area contributed by atoms with Crippen molar-refractivity contribution in [2.45, 2.75) is 31.7 Å². The van der Waals surface area contributed by atoms with Gasteiger partial charge in [-0.3, -0.25) is 10.2 Å². The summed E-state index contributed by atoms with van der Waals surface area (Å²) in [5.74, 6) is -1.24. The Morgan fingerprint density at radius 3 is 2.57 bits per heavy atom. The highest BCUT2D eigenvalue weighted by Crippen LogP contribution is 2.29. The van der Waals surface area contributed by atoms with Gasteiger partial charge in [0.2, 0.25) is 0 Å². The van der Waals surface area contributed by atoms with Crippen molar-refractivity contribution < 1.29 is 18.3 Å². The summed E-state index contributed by atoms with van der Waals surface area (Å²) < 4.78 is 34.4. The summed E-state index contributed by atoms with van der Waals surface area (Å²) in [5, 5.41) is 10.6. The maximum Gasteiger partial charge on any atom is 0.320 e. The number of halogens is 2. The predicted octanol–water partition coefficient (Wildman–Crippen LogP) is 4.51. The minimum Gasteiger partial charge on any atom is -0.383 e. The fraction of sp³-hybridized carbons (Fsp3) is 0.385. The van der Waals surface area contributed by atoms with Gasteiger partial charge in [-0.1, -0.05) is 38.1 Å². The minimum atomic E-state index is -0.894. The van der Waals surface area contributed by atoms with E-state index in [2.05, 4.69) is 20.6 Å². The topological polar surface area (TPSA) is 71.4 Å². The number of nitrogens with zero attached hydrogens (tertiary/aromatic N) is 3. The maximum atomic E-state index is 14.0. The van der Waals surface area contributed by atoms with Crippen molar-refractivity contribution in [3.8, 4) is 5.69 Å². The summed E-state index contributed by atoms with van der Waals surface area (Å²) >= 11 is 0. The van der Waals surface area contributed by atoms with Gasteiger partial charge in [0.05, 0.1) is 24.0 Å². The van der Waals surface area contributed by atoms with Crippen LogP contribution in [0.1, 0.15) is 36.9 Å². The SMILES string of the molecule is COCCN1CC(NC(=O)Nc2cc(C(C)C)nn2-c2ccccc2)C(c2ccc(F)c(F)c2)C1. The van der Waals surface area contributed by atoms with E-state index in [4.69, 9.17) is 4.74 Å². The van der Waals surface area contributed by atoms with Gasteiger partial charge in [-0.25, -0.2) is 18.3 Å². The molecule has 0 saturated carbocycles. The first-order valence-corrected chi connectivity index (χ1v) is 11.7. The summed E-state index contributed by atoms with van der Waals surface area (Å²) in [6.45, 7) is 6.46. The van der Waals surface area contributed by atoms with Crippen molar-refractivity contribution in [3.63, 3.8) is 0 Å². The Labute approximate surface area is 204 Å². The molecular weight excluding hydrogens is 452 g/mol. The molecule has 2 heterocycles. The van der Waals surface area contributed by atoms with Crippen LogP contribution in [0.25, 0.3) is 5.69 Å². The molecule has 1 fully saturated rings. The number of anilines is 1. The quantitative estimate of drug-likeness (QED) is 0.495. The Balaban J connectivity index is 1.54. The van der Waals surface area contributed by atoms with Crippen molar-refractivity contribution in [1.82, 2.24) is 20.0 Å². The molecule has 3 aromatic rings. The number of urea groups is 1. The summed E-state index contributed by atoms with van der Waals surface area (Å²) in [6, 6.07) is 14.7. The number of hydrogen-bond donors (Lipinski definition) is 2. The second kappa shape index (κ2) is 11.0. The molecule has 0 aliphatic carbocycles. The number of carbonyl (C=O) groups is 1. The Kier molecular flexibility index (Phi) is 7.77. The highest BCUT2D eigenvalue weighted by atomic mass is 19.2. The molecule has 1 saturated heterocycles. The molecule has 2 atom stereocenters. The highest BCUT2D eigenvalue weighted by molar-refractivity contribution is 5.89. The van der Waals surface area contributed by atoms with Crippen molar-refractivity contribution >= 4 is 11.8 Å². The number of rotatable bonds is 8. The van der Waals surface area contributed by atoms with Gasteiger partial charge in [-0.15, -0.1) is 0 Å². The van der Waals surface area contributed by atoms with Gasteiger partial charge in [0.25, 0.3) is 0 Å². The van der Waals surface area contributed by atoms with Crippen LogP contribution in [0.5, 0.6) is 0 Å². The molecule has 0 spiro atoms. The second-order valence-corrected chi connectivity index (χ2v) is 9.09. The summed E-state index contributed by atoms with van der Waals surface area (Å²) in [5.41, 5.74) is 2.34. The van der Waals surface area contributed by atoms with E-state index in [0.717, 1.165) is 17.4 Å². The fourth-order valence-corrected chi connectivity index (χ4v) is 4.37. The largest absolute Gasteiger partial charge is 0.383 e. The summed E-state index contributed by atoms with van der Waals surface area (Å²) in [4.78, 5) is 15.3. The van der Waals surface area contributed by atoms with E-state index < -0.39 is 11.6 Å². The van der Waals surface area contributed by atoms with Gasteiger partial charge in [0.15, 0.2) is 11.6 Å². The highest BCUT2D eigenvalue weighted by Gasteiger charge is 2.35. The molecule has 2 N–H and O–H groups in total. The lowest BCUT2D eigenvalue weighted by atomic mass is 9.94. The molecule has 1 aromatic heterocycles. The zero-order valence-corrected chi connectivity index (χ0v) is 20.2. The number of aromatic nitrogens is 2. The number of para-hydroxylation sites is 1. The Hall–Kier alpha value is -3.30. The number of likely N-dealkylation sites (tertiary alicyclic amines) is 1. The van der Waals surface area contributed by atoms with Gasteiger partial charge in [0.1, 0.15) is 5.82 Å². The monoisotopic (exact) mass is 483 g/mol. The molecule has 2 amide bonds. The molecule has 35 heavy (non-hydrogen) atoms. The van der Waals surface area contributed by atoms with Crippen molar-refractivity contribution in [3.05, 3.63) is 77.5 Å². The first-order chi connectivity index (χ1) is 16.9. The summed E-state index contributed by atoms with van der Waals surface area (Å²) in [6.07, 6.45) is 0. The van der Waals surface area contributed by atoms with E-state index >= 15 is 0 Å². The average molecular weight is 484 g/mol. The van der Waals surface area contributed by atoms with E-state index in [1.54, 1.807) is 17.9 Å². The van der Waals surface area contributed by atoms with Crippen LogP contribution in [0.15, 0.2) is 54.6 Å². The zero-order chi connectivity index (χ0) is 24.9. The third-order valence-electron chi connectivity index (χ3n) is 6.26. The number of hydrogen-bond acceptors (Lipinski definition) is 4. The van der Waals surface area contributed by atoms with E-state index in [0.29, 0.717) is 37.6 Å². The third kappa shape index (κ3) is 5.86. The average Bonchev–Trinajstić information content (AvgIpc) is 3.44. The van der Waals surface area contributed by atoms with Gasteiger partial charge in [-0.05, 0) is 35.7 Å². The van der Waals surface area contributed by atoms with E-state index in [9.17, 15) is 13.6 Å². The molecule has 2 aromatic carbocycles. The fourth-order valence-electron chi connectivity index (χ4n) is 4.37. The molecule has 4 rings (SSSR count). The van der Waals surface area contributed by atoms with Crippen LogP contribution in [-0.4, -0.2) is 60.1 Å². The number of nitrogens with one attached hydrogen (secondary N) is 2. The standard InChI is InChI=1S/C26H31F2N5O2/c1-17(2)23-14-25(33(31-23)19-7-5-4-6-8-19)30-26(34)29-24-16-32(11-12-35-3)15-20(24)18-9-10-21(27)22(28)13-18/h4-10,13-14,17,20,24H,11-12,15-16H2,1-3H3,(H2,29,30,34). The van der Waals surface area contributed by atoms with Crippen molar-refractivity contribution in [2.75, 3.05) is 38.7 Å². The number of carbonyl (C=O) groups excluding carboxylic acids is 1. The van der Waals surface area contributed by atoms with Crippen LogP contribution >= 0.6 is 0 Å². The molecule has 1 aliphatic rings. The lowest BCUT2D eigenvalue weighted by Crippen LogP contribution is -2.42. The minimum absolute atomic E-state index is 0.186. The van der Waals surface area contributed by atoms with Crippen LogP contribution < -0.4 is 10.6 Å². The Bertz CT molecular complexity index is 1150. The first kappa shape index (κ1) is 24.8. The van der Waals surface area contributed by atoms with Gasteiger partial charge in [0, 0.05) is 38.7 Å². The van der Waals surface area contributed by atoms with E-state index in [1.165, 1.54) is 6.07 Å². The molecule has 7 nitrogen and oxygen atoms in total. The van der Waals surface area contributed by atoms with Crippen LogP contribution in [0, 0.1) is 11.6 Å². The zero-order valence-electron chi connectivity index (χ0n) is 20.2. The lowest BCUT2D eigenvalue weighted by molar-refractivity contribution is 0.159. The first-order valence-electron chi connectivity index (χ1n) is 11.7. The number of benzene rings is 2. The van der Waals surface area contributed by atoms with E-state index in [1.807, 2.05) is 50.2 Å². The Morgan fingerprint density at radius 1 is 1.11 bits per heavy atom. The number of amides is 2. The van der Waals surface area contributed by atoms with Gasteiger partial charge >= 0.3 is 6.03 Å². The third-order valence-corrected chi connectivity index (χ3v) is 6.26. The van der Waals surface area contributed by atoms with Crippen LogP contribution in [0.3, 0.4) is 0 Å². The molecule has 9 heteroatoms. The number of ether oxygens (including phenoxy) is 1. The molecular formula is C26H31F2N5O2. The van der Waals surface area contributed by atoms with Crippen LogP contribution in [0.2, 0.25) is 0 Å². The van der Waals surface area contributed by atoms with Crippen molar-refractivity contribution in [1.29, 1.82) is 0 Å². The van der Waals surface area contributed by atoms with Crippen molar-refractivity contribution in [2.24, 2.45) is 0 Å². The lowest BCUT2D eigenvalue weighted by Gasteiger charge is -2.21. The van der Waals surface area contributed by atoms with E-state index in [-0.39, 0.29) is 23.9 Å². The molecule has 0 radical (unpaired) electrons. The van der Waals surface area contributed by atoms with Crippen LogP contribution in [-0.2, 0) is 4.74 Å². The van der Waals surface area contributed by atoms with Crippen LogP contribution in [0.4, 0.5) is 19.4 Å². The normalized spacial score (nSPS) is 18.2.